The zero-order valence-electron chi connectivity index (χ0n) is 22.5. The van der Waals surface area contributed by atoms with Gasteiger partial charge in [-0.1, -0.05) is 12.8 Å². The molecule has 0 aliphatic rings. The van der Waals surface area contributed by atoms with Crippen LogP contribution in [0.2, 0.25) is 0 Å². The molecule has 1 aromatic heterocycles. The number of aliphatic imine (C=N–C) groups is 1. The summed E-state index contributed by atoms with van der Waals surface area (Å²) in [5, 5.41) is 11.2. The first-order chi connectivity index (χ1) is 18.3. The third kappa shape index (κ3) is 14.3. The molecule has 2 aromatic rings. The van der Waals surface area contributed by atoms with E-state index in [9.17, 15) is 18.8 Å². The summed E-state index contributed by atoms with van der Waals surface area (Å²) in [6, 6.07) is 8.70. The lowest BCUT2D eigenvalue weighted by Gasteiger charge is -2.12. The molecule has 208 valence electrons. The zero-order chi connectivity index (χ0) is 28.2. The Labute approximate surface area is 233 Å². The van der Waals surface area contributed by atoms with Crippen LogP contribution in [0.15, 0.2) is 46.4 Å². The second-order valence-corrected chi connectivity index (χ2v) is 10.5. The highest BCUT2D eigenvalue weighted by molar-refractivity contribution is 8.02. The number of anilines is 1. The summed E-state index contributed by atoms with van der Waals surface area (Å²) < 4.78 is 13.6. The molecule has 1 heterocycles. The SMILES string of the molecule is C=N/C(=C\SCNC)CC(=O)C(C)=O.CNCCCCCCc1cc(F)ccc1NCc1ccc(C=O)s1. The topological polar surface area (TPSA) is 99.7 Å². The van der Waals surface area contributed by atoms with Crippen LogP contribution in [0.25, 0.3) is 0 Å². The van der Waals surface area contributed by atoms with Crippen LogP contribution in [-0.4, -0.2) is 51.1 Å². The van der Waals surface area contributed by atoms with Gasteiger partial charge in [0.15, 0.2) is 12.1 Å². The lowest BCUT2D eigenvalue weighted by molar-refractivity contribution is -0.134. The molecule has 0 amide bonds. The smallest absolute Gasteiger partial charge is 0.204 e. The van der Waals surface area contributed by atoms with Crippen molar-refractivity contribution in [2.24, 2.45) is 4.99 Å². The van der Waals surface area contributed by atoms with Crippen LogP contribution in [0.3, 0.4) is 0 Å². The first-order valence-corrected chi connectivity index (χ1v) is 14.4. The molecule has 1 aromatic carbocycles. The Kier molecular flexibility index (Phi) is 17.8. The molecule has 2 rings (SSSR count). The number of aryl methyl sites for hydroxylation is 1. The number of nitrogens with zero attached hydrogens (tertiary/aromatic N) is 1. The van der Waals surface area contributed by atoms with Crippen LogP contribution in [0.4, 0.5) is 10.1 Å². The van der Waals surface area contributed by atoms with Gasteiger partial charge in [0.25, 0.3) is 0 Å². The summed E-state index contributed by atoms with van der Waals surface area (Å²) >= 11 is 2.95. The highest BCUT2D eigenvalue weighted by Crippen LogP contribution is 2.22. The van der Waals surface area contributed by atoms with E-state index in [1.807, 2.05) is 26.2 Å². The van der Waals surface area contributed by atoms with Crippen molar-refractivity contribution in [3.63, 3.8) is 0 Å². The fourth-order valence-corrected chi connectivity index (χ4v) is 4.66. The third-order valence-electron chi connectivity index (χ3n) is 5.33. The average molecular weight is 563 g/mol. The maximum atomic E-state index is 13.6. The highest BCUT2D eigenvalue weighted by atomic mass is 32.2. The number of rotatable bonds is 18. The van der Waals surface area contributed by atoms with Crippen LogP contribution in [-0.2, 0) is 22.6 Å². The van der Waals surface area contributed by atoms with E-state index >= 15 is 0 Å². The van der Waals surface area contributed by atoms with E-state index in [2.05, 4.69) is 27.7 Å². The number of carbonyl (C=O) groups excluding carboxylic acids is 3. The summed E-state index contributed by atoms with van der Waals surface area (Å²) in [6.45, 7) is 6.29. The van der Waals surface area contributed by atoms with E-state index < -0.39 is 11.6 Å². The second kappa shape index (κ2) is 20.3. The Morgan fingerprint density at radius 1 is 1.11 bits per heavy atom. The van der Waals surface area contributed by atoms with Crippen molar-refractivity contribution < 1.29 is 18.8 Å². The van der Waals surface area contributed by atoms with Crippen LogP contribution in [0.1, 0.15) is 59.1 Å². The number of thioether (sulfide) groups is 1. The monoisotopic (exact) mass is 562 g/mol. The van der Waals surface area contributed by atoms with Gasteiger partial charge in [-0.15, -0.1) is 23.1 Å². The number of halogens is 1. The summed E-state index contributed by atoms with van der Waals surface area (Å²) in [5.41, 5.74) is 2.54. The van der Waals surface area contributed by atoms with Crippen LogP contribution >= 0.6 is 23.1 Å². The Hall–Kier alpha value is -2.66. The molecule has 38 heavy (non-hydrogen) atoms. The lowest BCUT2D eigenvalue weighted by atomic mass is 10.0. The molecule has 7 nitrogen and oxygen atoms in total. The quantitative estimate of drug-likeness (QED) is 0.0713. The van der Waals surface area contributed by atoms with Gasteiger partial charge in [0.2, 0.25) is 5.78 Å². The van der Waals surface area contributed by atoms with Gasteiger partial charge in [0.1, 0.15) is 5.82 Å². The van der Waals surface area contributed by atoms with Crippen molar-refractivity contribution >= 4 is 53.4 Å². The van der Waals surface area contributed by atoms with Crippen molar-refractivity contribution in [3.05, 3.63) is 62.6 Å². The van der Waals surface area contributed by atoms with Crippen molar-refractivity contribution in [1.82, 2.24) is 10.6 Å². The maximum absolute atomic E-state index is 13.6. The number of aldehydes is 1. The number of benzene rings is 1. The predicted molar refractivity (Wildman–Crippen MR) is 159 cm³/mol. The fraction of sp³-hybridized carbons (Fsp3) is 0.429. The molecule has 0 bridgehead atoms. The number of nitrogens with one attached hydrogen (secondary N) is 3. The summed E-state index contributed by atoms with van der Waals surface area (Å²) in [4.78, 5) is 37.9. The Bertz CT molecular complexity index is 1060. The first kappa shape index (κ1) is 33.4. The van der Waals surface area contributed by atoms with Gasteiger partial charge >= 0.3 is 0 Å². The van der Waals surface area contributed by atoms with Gasteiger partial charge in [0.05, 0.1) is 17.0 Å². The highest BCUT2D eigenvalue weighted by Gasteiger charge is 2.09. The van der Waals surface area contributed by atoms with E-state index in [1.54, 1.807) is 17.5 Å². The van der Waals surface area contributed by atoms with E-state index in [4.69, 9.17) is 0 Å². The molecule has 0 spiro atoms. The Morgan fingerprint density at radius 3 is 2.50 bits per heavy atom. The minimum absolute atomic E-state index is 0.0372. The number of hydrogen-bond acceptors (Lipinski definition) is 9. The van der Waals surface area contributed by atoms with Crippen molar-refractivity contribution in [3.8, 4) is 0 Å². The molecule has 10 heteroatoms. The molecular weight excluding hydrogens is 523 g/mol. The van der Waals surface area contributed by atoms with E-state index in [0.29, 0.717) is 12.2 Å². The number of allylic oxidation sites excluding steroid dienone is 1. The lowest BCUT2D eigenvalue weighted by Crippen LogP contribution is -2.09. The van der Waals surface area contributed by atoms with Gasteiger partial charge in [-0.3, -0.25) is 19.4 Å². The summed E-state index contributed by atoms with van der Waals surface area (Å²) in [7, 11) is 3.79. The van der Waals surface area contributed by atoms with Crippen LogP contribution < -0.4 is 16.0 Å². The van der Waals surface area contributed by atoms with E-state index in [-0.39, 0.29) is 12.2 Å². The number of carbonyl (C=O) groups is 3. The number of ketones is 2. The fourth-order valence-electron chi connectivity index (χ4n) is 3.29. The third-order valence-corrected chi connectivity index (χ3v) is 7.23. The predicted octanol–water partition coefficient (Wildman–Crippen LogP) is 5.62. The van der Waals surface area contributed by atoms with Gasteiger partial charge in [0, 0.05) is 29.9 Å². The number of hydrogen-bond donors (Lipinski definition) is 3. The molecular formula is C28H39FN4O3S2. The van der Waals surface area contributed by atoms with Crippen LogP contribution in [0, 0.1) is 5.82 Å². The van der Waals surface area contributed by atoms with E-state index in [1.165, 1.54) is 48.9 Å². The normalized spacial score (nSPS) is 10.9. The Balaban J connectivity index is 0.000000442. The Morgan fingerprint density at radius 2 is 1.87 bits per heavy atom. The van der Waals surface area contributed by atoms with Gasteiger partial charge in [-0.05, 0) is 87.9 Å². The minimum Gasteiger partial charge on any atom is -0.380 e. The summed E-state index contributed by atoms with van der Waals surface area (Å²) in [5.74, 6) is -0.343. The first-order valence-electron chi connectivity index (χ1n) is 12.5. The van der Waals surface area contributed by atoms with Gasteiger partial charge in [-0.25, -0.2) is 4.39 Å². The van der Waals surface area contributed by atoms with Gasteiger partial charge in [-0.2, -0.15) is 0 Å². The average Bonchev–Trinajstić information content (AvgIpc) is 3.38. The maximum Gasteiger partial charge on any atom is 0.204 e. The van der Waals surface area contributed by atoms with E-state index in [0.717, 1.165) is 59.0 Å². The molecule has 0 fully saturated rings. The minimum atomic E-state index is -0.446. The molecule has 0 radical (unpaired) electrons. The summed E-state index contributed by atoms with van der Waals surface area (Å²) in [6.07, 6.45) is 6.39. The zero-order valence-corrected chi connectivity index (χ0v) is 24.1. The molecule has 0 saturated carbocycles. The van der Waals surface area contributed by atoms with Crippen molar-refractivity contribution in [2.45, 2.75) is 52.0 Å². The molecule has 0 unspecified atom stereocenters. The standard InChI is InChI=1S/C19H25FN2OS.C9H14N2O2S/c1-21-11-5-3-2-4-6-15-12-16(20)7-10-19(15)22-13-17-8-9-18(14-23)24-17;1-7(12)9(13)4-8(11-3)5-14-6-10-2/h7-10,12,14,21-22H,2-6,11,13H2,1H3;5,10H,3-4,6H2,1-2H3/b;8-5-. The van der Waals surface area contributed by atoms with Gasteiger partial charge < -0.3 is 16.0 Å². The largest absolute Gasteiger partial charge is 0.380 e. The number of unbranched alkanes of at least 4 members (excludes halogenated alkanes) is 3. The second-order valence-electron chi connectivity index (χ2n) is 8.43. The number of Topliss-reactive ketones (excluding diaryl/α,β-unsaturated/α-hetero) is 2. The number of thiophene rings is 1. The molecule has 3 N–H and O–H groups in total. The molecule has 0 saturated heterocycles. The van der Waals surface area contributed by atoms with Crippen LogP contribution in [0.5, 0.6) is 0 Å². The van der Waals surface area contributed by atoms with Crippen molar-refractivity contribution in [2.75, 3.05) is 31.8 Å². The molecule has 0 aliphatic carbocycles. The van der Waals surface area contributed by atoms with Crippen molar-refractivity contribution in [1.29, 1.82) is 0 Å². The molecule has 0 aliphatic heterocycles. The molecule has 0 atom stereocenters.